The van der Waals surface area contributed by atoms with Crippen LogP contribution < -0.4 is 0 Å². The van der Waals surface area contributed by atoms with Crippen molar-refractivity contribution in [3.63, 3.8) is 0 Å². The van der Waals surface area contributed by atoms with Gasteiger partial charge in [-0.05, 0) is 11.0 Å². The Labute approximate surface area is 45.6 Å². The first-order chi connectivity index (χ1) is 2.81. The molecule has 0 rings (SSSR count). The molecule has 0 aliphatic heterocycles. The maximum Gasteiger partial charge on any atom is 0.365 e. The normalized spacial score (nSPS) is 5.86. The third-order valence-corrected chi connectivity index (χ3v) is 0.257. The van der Waals surface area contributed by atoms with E-state index >= 15 is 0 Å². The van der Waals surface area contributed by atoms with Gasteiger partial charge in [-0.15, -0.1) is 0 Å². The molecule has 0 saturated carbocycles. The number of rotatable bonds is 1. The highest BCUT2D eigenvalue weighted by Crippen LogP contribution is 1.67. The molecule has 1 N–H and O–H groups in total. The van der Waals surface area contributed by atoms with E-state index in [-0.39, 0.29) is 11.0 Å². The van der Waals surface area contributed by atoms with Crippen LogP contribution >= 0.6 is 0 Å². The molecule has 7 heavy (non-hydrogen) atoms. The summed E-state index contributed by atoms with van der Waals surface area (Å²) in [5.41, 5.74) is 0. The van der Waals surface area contributed by atoms with E-state index in [0.29, 0.717) is 0 Å². The molecule has 0 aliphatic rings. The second-order valence-electron chi connectivity index (χ2n) is 0.614. The second-order valence-corrected chi connectivity index (χ2v) is 0.614. The Morgan fingerprint density at radius 3 is 2.29 bits per heavy atom. The van der Waals surface area contributed by atoms with Crippen LogP contribution in [0.5, 0.6) is 0 Å². The van der Waals surface area contributed by atoms with Crippen molar-refractivity contribution in [3.8, 4) is 0 Å². The summed E-state index contributed by atoms with van der Waals surface area (Å²) in [5.74, 6) is -0.838. The SMILES string of the molecule is C=CC(=O)OO.[SiH4]. The van der Waals surface area contributed by atoms with E-state index in [0.717, 1.165) is 6.08 Å². The van der Waals surface area contributed by atoms with Crippen molar-refractivity contribution < 1.29 is 14.9 Å². The van der Waals surface area contributed by atoms with Crippen LogP contribution in [0.3, 0.4) is 0 Å². The zero-order chi connectivity index (χ0) is 4.99. The van der Waals surface area contributed by atoms with Crippen LogP contribution in [0.4, 0.5) is 0 Å². The molecule has 0 radical (unpaired) electrons. The Bertz CT molecular complexity index is 70.6. The Kier molecular flexibility index (Phi) is 7.41. The van der Waals surface area contributed by atoms with Gasteiger partial charge in [-0.25, -0.2) is 4.79 Å². The molecule has 0 aromatic rings. The van der Waals surface area contributed by atoms with Crippen LogP contribution in [0.2, 0.25) is 0 Å². The Balaban J connectivity index is 0. The largest absolute Gasteiger partial charge is 0.365 e. The zero-order valence-electron chi connectivity index (χ0n) is 3.05. The molecule has 0 saturated heterocycles. The summed E-state index contributed by atoms with van der Waals surface area (Å²) in [6, 6.07) is 0. The van der Waals surface area contributed by atoms with Crippen molar-refractivity contribution in [2.45, 2.75) is 0 Å². The first kappa shape index (κ1) is 9.63. The number of carbonyl (C=O) groups excluding carboxylic acids is 1. The van der Waals surface area contributed by atoms with Crippen molar-refractivity contribution in [3.05, 3.63) is 12.7 Å². The predicted molar refractivity (Wildman–Crippen MR) is 30.3 cm³/mol. The summed E-state index contributed by atoms with van der Waals surface area (Å²) < 4.78 is 0. The zero-order valence-corrected chi connectivity index (χ0v) is 3.05. The molecule has 0 atom stereocenters. The molecule has 0 bridgehead atoms. The monoisotopic (exact) mass is 120 g/mol. The Morgan fingerprint density at radius 2 is 2.29 bits per heavy atom. The molecule has 0 spiro atoms. The topological polar surface area (TPSA) is 46.5 Å². The lowest BCUT2D eigenvalue weighted by Crippen LogP contribution is -1.92. The van der Waals surface area contributed by atoms with E-state index in [9.17, 15) is 4.79 Å². The van der Waals surface area contributed by atoms with Gasteiger partial charge < -0.3 is 0 Å². The summed E-state index contributed by atoms with van der Waals surface area (Å²) in [6.45, 7) is 3.00. The van der Waals surface area contributed by atoms with Gasteiger partial charge in [-0.1, -0.05) is 6.58 Å². The molecule has 0 heterocycles. The van der Waals surface area contributed by atoms with Crippen LogP contribution in [0.1, 0.15) is 0 Å². The van der Waals surface area contributed by atoms with E-state index in [1.807, 2.05) is 0 Å². The lowest BCUT2D eigenvalue weighted by molar-refractivity contribution is -0.228. The number of hydrogen-bond acceptors (Lipinski definition) is 3. The minimum atomic E-state index is -0.838. The van der Waals surface area contributed by atoms with E-state index in [2.05, 4.69) is 11.5 Å². The van der Waals surface area contributed by atoms with Gasteiger partial charge in [0.2, 0.25) is 0 Å². The molecular weight excluding hydrogens is 112 g/mol. The molecule has 0 amide bonds. The average molecular weight is 120 g/mol. The molecule has 0 aromatic heterocycles. The lowest BCUT2D eigenvalue weighted by Gasteiger charge is -1.78. The minimum absolute atomic E-state index is 0. The third-order valence-electron chi connectivity index (χ3n) is 0.257. The second kappa shape index (κ2) is 5.39. The molecule has 42 valence electrons. The fourth-order valence-corrected chi connectivity index (χ4v) is 0.0373. The summed E-state index contributed by atoms with van der Waals surface area (Å²) in [6.07, 6.45) is 0.861. The highest BCUT2D eigenvalue weighted by Gasteiger charge is 1.85. The molecule has 0 aliphatic carbocycles. The first-order valence-electron chi connectivity index (χ1n) is 1.29. The lowest BCUT2D eigenvalue weighted by atomic mass is 10.7. The average Bonchev–Trinajstić information content (AvgIpc) is 1.65. The van der Waals surface area contributed by atoms with Crippen molar-refractivity contribution in [1.29, 1.82) is 0 Å². The van der Waals surface area contributed by atoms with Gasteiger partial charge in [0, 0.05) is 6.08 Å². The van der Waals surface area contributed by atoms with E-state index in [1.165, 1.54) is 0 Å². The van der Waals surface area contributed by atoms with Crippen molar-refractivity contribution in [1.82, 2.24) is 0 Å². The molecular formula is C3H8O3Si. The maximum atomic E-state index is 9.59. The number of carbonyl (C=O) groups is 1. The quantitative estimate of drug-likeness (QED) is 0.203. The van der Waals surface area contributed by atoms with E-state index < -0.39 is 5.97 Å². The fraction of sp³-hybridized carbons (Fsp3) is 0. The highest BCUT2D eigenvalue weighted by atomic mass is 28.1. The third kappa shape index (κ3) is 5.39. The summed E-state index contributed by atoms with van der Waals surface area (Å²) in [5, 5.41) is 7.41. The van der Waals surface area contributed by atoms with E-state index in [1.54, 1.807) is 0 Å². The van der Waals surface area contributed by atoms with Gasteiger partial charge in [0.25, 0.3) is 0 Å². The van der Waals surface area contributed by atoms with Crippen LogP contribution in [0.25, 0.3) is 0 Å². The van der Waals surface area contributed by atoms with Gasteiger partial charge in [0.15, 0.2) is 0 Å². The Hall–Kier alpha value is -0.613. The summed E-state index contributed by atoms with van der Waals surface area (Å²) in [7, 11) is 0. The van der Waals surface area contributed by atoms with Gasteiger partial charge in [-0.2, -0.15) is 5.26 Å². The summed E-state index contributed by atoms with van der Waals surface area (Å²) >= 11 is 0. The molecule has 0 fully saturated rings. The highest BCUT2D eigenvalue weighted by molar-refractivity contribution is 5.80. The van der Waals surface area contributed by atoms with Crippen molar-refractivity contribution in [2.75, 3.05) is 0 Å². The predicted octanol–water partition coefficient (Wildman–Crippen LogP) is -1.26. The first-order valence-corrected chi connectivity index (χ1v) is 1.29. The van der Waals surface area contributed by atoms with Gasteiger partial charge in [-0.3, -0.25) is 4.89 Å². The van der Waals surface area contributed by atoms with Crippen molar-refractivity contribution in [2.24, 2.45) is 0 Å². The summed E-state index contributed by atoms with van der Waals surface area (Å²) in [4.78, 5) is 12.7. The van der Waals surface area contributed by atoms with Gasteiger partial charge in [0.1, 0.15) is 0 Å². The number of hydrogen-bond donors (Lipinski definition) is 1. The maximum absolute atomic E-state index is 9.59. The van der Waals surface area contributed by atoms with Crippen molar-refractivity contribution >= 4 is 16.9 Å². The molecule has 0 aromatic carbocycles. The van der Waals surface area contributed by atoms with Crippen LogP contribution in [0.15, 0.2) is 12.7 Å². The van der Waals surface area contributed by atoms with Gasteiger partial charge >= 0.3 is 5.97 Å². The Morgan fingerprint density at radius 1 is 1.86 bits per heavy atom. The fourth-order valence-electron chi connectivity index (χ4n) is 0.0373. The van der Waals surface area contributed by atoms with Crippen LogP contribution in [-0.2, 0) is 9.68 Å². The van der Waals surface area contributed by atoms with E-state index in [4.69, 9.17) is 5.26 Å². The van der Waals surface area contributed by atoms with Crippen LogP contribution in [0, 0.1) is 0 Å². The van der Waals surface area contributed by atoms with Gasteiger partial charge in [0.05, 0.1) is 0 Å². The molecule has 4 heteroatoms. The minimum Gasteiger partial charge on any atom is -0.296 e. The van der Waals surface area contributed by atoms with Crippen LogP contribution in [-0.4, -0.2) is 22.2 Å². The standard InChI is InChI=1S/C3H4O3.H4Si/c1-2-3(4)6-5;/h2,5H,1H2;1H4. The molecule has 3 nitrogen and oxygen atoms in total. The smallest absolute Gasteiger partial charge is 0.296 e. The molecule has 0 unspecified atom stereocenters.